The molecular formula is C13H17N. The lowest BCUT2D eigenvalue weighted by Crippen LogP contribution is -2.23. The average Bonchev–Trinajstić information content (AvgIpc) is 2.89. The lowest BCUT2D eigenvalue weighted by Gasteiger charge is -2.11. The lowest BCUT2D eigenvalue weighted by atomic mass is 10.0. The molecule has 2 atom stereocenters. The molecule has 1 aromatic carbocycles. The van der Waals surface area contributed by atoms with Gasteiger partial charge in [0.2, 0.25) is 0 Å². The van der Waals surface area contributed by atoms with Crippen LogP contribution in [0.25, 0.3) is 0 Å². The zero-order valence-corrected chi connectivity index (χ0v) is 8.45. The average molecular weight is 187 g/mol. The summed E-state index contributed by atoms with van der Waals surface area (Å²) in [6.45, 7) is 0. The van der Waals surface area contributed by atoms with Gasteiger partial charge in [0, 0.05) is 5.54 Å². The number of hydrogen-bond donors (Lipinski definition) is 1. The van der Waals surface area contributed by atoms with E-state index in [2.05, 4.69) is 30.3 Å². The summed E-state index contributed by atoms with van der Waals surface area (Å²) in [5.41, 5.74) is 7.92. The summed E-state index contributed by atoms with van der Waals surface area (Å²) in [6, 6.07) is 10.7. The van der Waals surface area contributed by atoms with Crippen LogP contribution in [0.2, 0.25) is 0 Å². The van der Waals surface area contributed by atoms with E-state index in [-0.39, 0.29) is 5.54 Å². The van der Waals surface area contributed by atoms with Crippen LogP contribution in [0, 0.1) is 11.8 Å². The van der Waals surface area contributed by atoms with Gasteiger partial charge in [-0.3, -0.25) is 0 Å². The molecule has 0 aliphatic heterocycles. The predicted octanol–water partition coefficient (Wildman–Crippen LogP) is 2.66. The lowest BCUT2D eigenvalue weighted by molar-refractivity contribution is 0.480. The molecular weight excluding hydrogens is 170 g/mol. The summed E-state index contributed by atoms with van der Waals surface area (Å²) >= 11 is 0. The topological polar surface area (TPSA) is 26.0 Å². The number of nitrogens with two attached hydrogens (primary N) is 1. The van der Waals surface area contributed by atoms with Crippen molar-refractivity contribution in [2.24, 2.45) is 17.6 Å². The minimum atomic E-state index is 0.0394. The Morgan fingerprint density at radius 2 is 1.57 bits per heavy atom. The van der Waals surface area contributed by atoms with Crippen LogP contribution in [-0.4, -0.2) is 0 Å². The zero-order valence-electron chi connectivity index (χ0n) is 8.45. The molecule has 0 aromatic heterocycles. The molecule has 14 heavy (non-hydrogen) atoms. The Balaban J connectivity index is 1.92. The molecule has 0 spiro atoms. The van der Waals surface area contributed by atoms with Crippen molar-refractivity contribution in [1.82, 2.24) is 0 Å². The fourth-order valence-corrected chi connectivity index (χ4v) is 3.33. The molecule has 2 aliphatic carbocycles. The van der Waals surface area contributed by atoms with Crippen LogP contribution in [0.15, 0.2) is 30.3 Å². The van der Waals surface area contributed by atoms with E-state index in [0.717, 1.165) is 11.8 Å². The molecule has 0 heterocycles. The Morgan fingerprint density at radius 3 is 2.14 bits per heavy atom. The second kappa shape index (κ2) is 2.83. The Labute approximate surface area is 85.3 Å². The van der Waals surface area contributed by atoms with Gasteiger partial charge in [-0.05, 0) is 30.2 Å². The standard InChI is InChI=1S/C13H17N/c14-13(10-6-2-1-3-7-10)11-8-4-5-9-12(11)13/h1-3,6-7,11-12H,4-5,8-9,14H2. The molecule has 1 heteroatoms. The van der Waals surface area contributed by atoms with Crippen molar-refractivity contribution in [3.63, 3.8) is 0 Å². The van der Waals surface area contributed by atoms with Crippen LogP contribution in [0.5, 0.6) is 0 Å². The van der Waals surface area contributed by atoms with Crippen molar-refractivity contribution >= 4 is 0 Å². The molecule has 2 unspecified atom stereocenters. The summed E-state index contributed by atoms with van der Waals surface area (Å²) < 4.78 is 0. The van der Waals surface area contributed by atoms with Gasteiger partial charge in [-0.25, -0.2) is 0 Å². The second-order valence-corrected chi connectivity index (χ2v) is 4.80. The normalized spacial score (nSPS) is 40.4. The second-order valence-electron chi connectivity index (χ2n) is 4.80. The van der Waals surface area contributed by atoms with E-state index in [4.69, 9.17) is 5.73 Å². The van der Waals surface area contributed by atoms with Crippen molar-refractivity contribution in [2.45, 2.75) is 31.2 Å². The zero-order chi connectivity index (χ0) is 9.60. The monoisotopic (exact) mass is 187 g/mol. The summed E-state index contributed by atoms with van der Waals surface area (Å²) in [5, 5.41) is 0. The number of rotatable bonds is 1. The minimum absolute atomic E-state index is 0.0394. The van der Waals surface area contributed by atoms with Crippen molar-refractivity contribution in [3.05, 3.63) is 35.9 Å². The number of hydrogen-bond acceptors (Lipinski definition) is 1. The molecule has 1 aromatic rings. The first-order chi connectivity index (χ1) is 6.83. The Hall–Kier alpha value is -0.820. The van der Waals surface area contributed by atoms with Gasteiger partial charge < -0.3 is 5.73 Å². The van der Waals surface area contributed by atoms with Gasteiger partial charge in [0.05, 0.1) is 0 Å². The molecule has 0 radical (unpaired) electrons. The minimum Gasteiger partial charge on any atom is -0.321 e. The SMILES string of the molecule is NC1(c2ccccc2)C2CCCCC21. The van der Waals surface area contributed by atoms with Crippen molar-refractivity contribution < 1.29 is 0 Å². The number of benzene rings is 1. The highest BCUT2D eigenvalue weighted by atomic mass is 14.9. The first-order valence-electron chi connectivity index (χ1n) is 5.68. The predicted molar refractivity (Wildman–Crippen MR) is 57.8 cm³/mol. The summed E-state index contributed by atoms with van der Waals surface area (Å²) in [7, 11) is 0. The van der Waals surface area contributed by atoms with Crippen LogP contribution < -0.4 is 5.73 Å². The molecule has 1 nitrogen and oxygen atoms in total. The van der Waals surface area contributed by atoms with Gasteiger partial charge in [0.25, 0.3) is 0 Å². The smallest absolute Gasteiger partial charge is 0.0473 e. The molecule has 74 valence electrons. The van der Waals surface area contributed by atoms with E-state index in [0.29, 0.717) is 0 Å². The molecule has 2 N–H and O–H groups in total. The van der Waals surface area contributed by atoms with Crippen molar-refractivity contribution in [2.75, 3.05) is 0 Å². The summed E-state index contributed by atoms with van der Waals surface area (Å²) in [5.74, 6) is 1.55. The van der Waals surface area contributed by atoms with Crippen LogP contribution >= 0.6 is 0 Å². The largest absolute Gasteiger partial charge is 0.321 e. The van der Waals surface area contributed by atoms with Gasteiger partial charge in [0.1, 0.15) is 0 Å². The first kappa shape index (κ1) is 8.49. The molecule has 2 saturated carbocycles. The maximum absolute atomic E-state index is 6.52. The third-order valence-corrected chi connectivity index (χ3v) is 4.16. The highest BCUT2D eigenvalue weighted by molar-refractivity contribution is 5.35. The van der Waals surface area contributed by atoms with E-state index in [9.17, 15) is 0 Å². The quantitative estimate of drug-likeness (QED) is 0.718. The number of fused-ring (bicyclic) bond motifs is 1. The Morgan fingerprint density at radius 1 is 1.00 bits per heavy atom. The van der Waals surface area contributed by atoms with Crippen LogP contribution in [0.3, 0.4) is 0 Å². The van der Waals surface area contributed by atoms with E-state index >= 15 is 0 Å². The van der Waals surface area contributed by atoms with Gasteiger partial charge >= 0.3 is 0 Å². The highest BCUT2D eigenvalue weighted by Crippen LogP contribution is 2.62. The van der Waals surface area contributed by atoms with Gasteiger partial charge in [0.15, 0.2) is 0 Å². The Bertz CT molecular complexity index is 318. The Kier molecular flexibility index (Phi) is 1.72. The third-order valence-electron chi connectivity index (χ3n) is 4.16. The molecule has 0 amide bonds. The molecule has 2 aliphatic rings. The van der Waals surface area contributed by atoms with E-state index < -0.39 is 0 Å². The highest BCUT2D eigenvalue weighted by Gasteiger charge is 2.62. The summed E-state index contributed by atoms with van der Waals surface area (Å²) in [6.07, 6.45) is 5.45. The van der Waals surface area contributed by atoms with Gasteiger partial charge in [-0.1, -0.05) is 43.2 Å². The van der Waals surface area contributed by atoms with E-state index in [1.165, 1.54) is 31.2 Å². The maximum Gasteiger partial charge on any atom is 0.0473 e. The first-order valence-corrected chi connectivity index (χ1v) is 5.68. The fourth-order valence-electron chi connectivity index (χ4n) is 3.33. The van der Waals surface area contributed by atoms with Gasteiger partial charge in [-0.2, -0.15) is 0 Å². The molecule has 0 bridgehead atoms. The van der Waals surface area contributed by atoms with Crippen LogP contribution in [0.1, 0.15) is 31.2 Å². The molecule has 2 fully saturated rings. The molecule has 3 rings (SSSR count). The van der Waals surface area contributed by atoms with Gasteiger partial charge in [-0.15, -0.1) is 0 Å². The fraction of sp³-hybridized carbons (Fsp3) is 0.538. The third kappa shape index (κ3) is 0.992. The van der Waals surface area contributed by atoms with Crippen LogP contribution in [0.4, 0.5) is 0 Å². The van der Waals surface area contributed by atoms with E-state index in [1.54, 1.807) is 0 Å². The van der Waals surface area contributed by atoms with E-state index in [1.807, 2.05) is 0 Å². The van der Waals surface area contributed by atoms with Crippen molar-refractivity contribution in [3.8, 4) is 0 Å². The van der Waals surface area contributed by atoms with Crippen LogP contribution in [-0.2, 0) is 5.54 Å². The molecule has 0 saturated heterocycles. The summed E-state index contributed by atoms with van der Waals surface area (Å²) in [4.78, 5) is 0. The maximum atomic E-state index is 6.52. The van der Waals surface area contributed by atoms with Crippen molar-refractivity contribution in [1.29, 1.82) is 0 Å².